The Morgan fingerprint density at radius 1 is 1.56 bits per heavy atom. The van der Waals surface area contributed by atoms with Crippen molar-refractivity contribution in [1.29, 1.82) is 0 Å². The Balaban J connectivity index is 2.99. The van der Waals surface area contributed by atoms with Gasteiger partial charge in [0, 0.05) is 17.6 Å². The van der Waals surface area contributed by atoms with Gasteiger partial charge in [0.05, 0.1) is 0 Å². The van der Waals surface area contributed by atoms with Crippen LogP contribution in [0.5, 0.6) is 0 Å². The smallest absolute Gasteiger partial charge is 0.206 e. The highest BCUT2D eigenvalue weighted by Crippen LogP contribution is 2.30. The number of hydrogen-bond donors (Lipinski definition) is 0. The SMILES string of the molecule is CCCC(C)N(C)S(=O)(=O)c1sccc1Br. The number of nitrogens with zero attached hydrogens (tertiary/aromatic N) is 1. The quantitative estimate of drug-likeness (QED) is 0.832. The first-order chi connectivity index (χ1) is 7.41. The molecule has 92 valence electrons. The third-order valence-electron chi connectivity index (χ3n) is 2.53. The zero-order valence-corrected chi connectivity index (χ0v) is 12.8. The summed E-state index contributed by atoms with van der Waals surface area (Å²) in [4.78, 5) is 0. The summed E-state index contributed by atoms with van der Waals surface area (Å²) in [5.41, 5.74) is 0. The normalized spacial score (nSPS) is 14.3. The van der Waals surface area contributed by atoms with E-state index in [9.17, 15) is 8.42 Å². The Morgan fingerprint density at radius 3 is 2.62 bits per heavy atom. The molecule has 0 saturated heterocycles. The minimum absolute atomic E-state index is 0.0315. The van der Waals surface area contributed by atoms with E-state index in [1.54, 1.807) is 18.5 Å². The average molecular weight is 326 g/mol. The fraction of sp³-hybridized carbons (Fsp3) is 0.600. The lowest BCUT2D eigenvalue weighted by molar-refractivity contribution is 0.369. The van der Waals surface area contributed by atoms with Gasteiger partial charge < -0.3 is 0 Å². The predicted molar refractivity (Wildman–Crippen MR) is 71.3 cm³/mol. The third-order valence-corrected chi connectivity index (χ3v) is 7.14. The largest absolute Gasteiger partial charge is 0.253 e. The van der Waals surface area contributed by atoms with E-state index >= 15 is 0 Å². The highest BCUT2D eigenvalue weighted by molar-refractivity contribution is 9.10. The Hall–Kier alpha value is 0.0900. The number of hydrogen-bond acceptors (Lipinski definition) is 3. The zero-order valence-electron chi connectivity index (χ0n) is 9.60. The molecule has 6 heteroatoms. The van der Waals surface area contributed by atoms with Crippen molar-refractivity contribution in [3.05, 3.63) is 15.9 Å². The Labute approximate surface area is 110 Å². The minimum Gasteiger partial charge on any atom is -0.206 e. The fourth-order valence-electron chi connectivity index (χ4n) is 1.43. The maximum atomic E-state index is 12.2. The highest BCUT2D eigenvalue weighted by atomic mass is 79.9. The summed E-state index contributed by atoms with van der Waals surface area (Å²) in [6, 6.07) is 1.79. The van der Waals surface area contributed by atoms with Gasteiger partial charge in [0.1, 0.15) is 4.21 Å². The van der Waals surface area contributed by atoms with Gasteiger partial charge in [0.15, 0.2) is 0 Å². The Kier molecular flexibility index (Phi) is 4.97. The van der Waals surface area contributed by atoms with Crippen LogP contribution in [-0.4, -0.2) is 25.8 Å². The molecular weight excluding hydrogens is 310 g/mol. The van der Waals surface area contributed by atoms with Crippen LogP contribution in [0.15, 0.2) is 20.1 Å². The van der Waals surface area contributed by atoms with E-state index < -0.39 is 10.0 Å². The lowest BCUT2D eigenvalue weighted by Crippen LogP contribution is -2.34. The number of thiophene rings is 1. The van der Waals surface area contributed by atoms with Gasteiger partial charge in [-0.05, 0) is 40.7 Å². The van der Waals surface area contributed by atoms with E-state index in [0.29, 0.717) is 8.68 Å². The van der Waals surface area contributed by atoms with Crippen LogP contribution >= 0.6 is 27.3 Å². The van der Waals surface area contributed by atoms with E-state index in [2.05, 4.69) is 22.9 Å². The summed E-state index contributed by atoms with van der Waals surface area (Å²) in [6.45, 7) is 3.99. The van der Waals surface area contributed by atoms with Crippen molar-refractivity contribution >= 4 is 37.3 Å². The van der Waals surface area contributed by atoms with Crippen LogP contribution in [0, 0.1) is 0 Å². The number of sulfonamides is 1. The minimum atomic E-state index is -3.34. The molecule has 16 heavy (non-hydrogen) atoms. The Morgan fingerprint density at radius 2 is 2.19 bits per heavy atom. The van der Waals surface area contributed by atoms with Crippen molar-refractivity contribution < 1.29 is 8.42 Å². The van der Waals surface area contributed by atoms with Crippen molar-refractivity contribution in [2.45, 2.75) is 36.9 Å². The molecule has 0 bridgehead atoms. The topological polar surface area (TPSA) is 37.4 Å². The van der Waals surface area contributed by atoms with Gasteiger partial charge in [-0.2, -0.15) is 4.31 Å². The molecule has 0 N–H and O–H groups in total. The van der Waals surface area contributed by atoms with Crippen LogP contribution in [-0.2, 0) is 10.0 Å². The average Bonchev–Trinajstić information content (AvgIpc) is 2.64. The lowest BCUT2D eigenvalue weighted by Gasteiger charge is -2.23. The molecule has 1 rings (SSSR count). The number of rotatable bonds is 5. The third kappa shape index (κ3) is 2.85. The molecule has 1 unspecified atom stereocenters. The van der Waals surface area contributed by atoms with E-state index in [1.807, 2.05) is 6.92 Å². The summed E-state index contributed by atoms with van der Waals surface area (Å²) < 4.78 is 27.0. The molecule has 0 spiro atoms. The summed E-state index contributed by atoms with van der Waals surface area (Å²) in [5.74, 6) is 0. The van der Waals surface area contributed by atoms with Gasteiger partial charge in [-0.25, -0.2) is 8.42 Å². The van der Waals surface area contributed by atoms with Gasteiger partial charge in [0.25, 0.3) is 10.0 Å². The van der Waals surface area contributed by atoms with Crippen LogP contribution in [0.25, 0.3) is 0 Å². The van der Waals surface area contributed by atoms with Crippen LogP contribution in [0.4, 0.5) is 0 Å². The van der Waals surface area contributed by atoms with E-state index in [0.717, 1.165) is 12.8 Å². The van der Waals surface area contributed by atoms with E-state index in [1.165, 1.54) is 15.6 Å². The van der Waals surface area contributed by atoms with Gasteiger partial charge in [0.2, 0.25) is 0 Å². The molecule has 1 atom stereocenters. The summed E-state index contributed by atoms with van der Waals surface area (Å²) in [7, 11) is -1.70. The molecule has 0 aromatic carbocycles. The second-order valence-corrected chi connectivity index (χ2v) is 7.68. The number of halogens is 1. The van der Waals surface area contributed by atoms with Gasteiger partial charge in [-0.1, -0.05) is 13.3 Å². The first-order valence-corrected chi connectivity index (χ1v) is 8.23. The maximum absolute atomic E-state index is 12.2. The standard InChI is InChI=1S/C10H16BrNO2S2/c1-4-5-8(2)12(3)16(13,14)10-9(11)6-7-15-10/h6-8H,4-5H2,1-3H3. The van der Waals surface area contributed by atoms with E-state index in [-0.39, 0.29) is 6.04 Å². The molecule has 0 aliphatic heterocycles. The predicted octanol–water partition coefficient (Wildman–Crippen LogP) is 3.32. The molecule has 0 saturated carbocycles. The molecule has 0 aliphatic rings. The molecule has 1 aromatic rings. The second kappa shape index (κ2) is 5.62. The summed E-state index contributed by atoms with van der Waals surface area (Å²) >= 11 is 4.51. The van der Waals surface area contributed by atoms with Crippen LogP contribution in [0.1, 0.15) is 26.7 Å². The van der Waals surface area contributed by atoms with Crippen LogP contribution in [0.2, 0.25) is 0 Å². The first-order valence-electron chi connectivity index (χ1n) is 5.12. The first kappa shape index (κ1) is 14.2. The van der Waals surface area contributed by atoms with Crippen molar-refractivity contribution in [2.24, 2.45) is 0 Å². The van der Waals surface area contributed by atoms with Crippen LogP contribution in [0.3, 0.4) is 0 Å². The molecule has 0 amide bonds. The van der Waals surface area contributed by atoms with Crippen molar-refractivity contribution in [3.8, 4) is 0 Å². The highest BCUT2D eigenvalue weighted by Gasteiger charge is 2.27. The molecule has 3 nitrogen and oxygen atoms in total. The van der Waals surface area contributed by atoms with E-state index in [4.69, 9.17) is 0 Å². The molecule has 0 fully saturated rings. The molecule has 0 radical (unpaired) electrons. The summed E-state index contributed by atoms with van der Waals surface area (Å²) in [6.07, 6.45) is 1.85. The molecular formula is C10H16BrNO2S2. The lowest BCUT2D eigenvalue weighted by atomic mass is 10.2. The molecule has 1 aromatic heterocycles. The second-order valence-electron chi connectivity index (χ2n) is 3.71. The summed E-state index contributed by atoms with van der Waals surface area (Å²) in [5, 5.41) is 1.77. The zero-order chi connectivity index (χ0) is 12.3. The monoisotopic (exact) mass is 325 g/mol. The fourth-order valence-corrected chi connectivity index (χ4v) is 5.30. The van der Waals surface area contributed by atoms with Gasteiger partial charge in [-0.15, -0.1) is 11.3 Å². The Bertz CT molecular complexity index is 441. The van der Waals surface area contributed by atoms with Crippen molar-refractivity contribution in [2.75, 3.05) is 7.05 Å². The van der Waals surface area contributed by atoms with Crippen LogP contribution < -0.4 is 0 Å². The van der Waals surface area contributed by atoms with Crippen molar-refractivity contribution in [1.82, 2.24) is 4.31 Å². The van der Waals surface area contributed by atoms with Crippen molar-refractivity contribution in [3.63, 3.8) is 0 Å². The molecule has 0 aliphatic carbocycles. The maximum Gasteiger partial charge on any atom is 0.253 e. The van der Waals surface area contributed by atoms with Gasteiger partial charge >= 0.3 is 0 Å². The molecule has 1 heterocycles. The van der Waals surface area contributed by atoms with Gasteiger partial charge in [-0.3, -0.25) is 0 Å².